The number of ether oxygens (including phenoxy) is 1. The van der Waals surface area contributed by atoms with Crippen LogP contribution in [0.3, 0.4) is 0 Å². The second-order valence-corrected chi connectivity index (χ2v) is 6.45. The number of amides is 2. The predicted octanol–water partition coefficient (Wildman–Crippen LogP) is 2.42. The Labute approximate surface area is 155 Å². The number of esters is 1. The molecule has 25 heavy (non-hydrogen) atoms. The van der Waals surface area contributed by atoms with Crippen LogP contribution in [0.5, 0.6) is 0 Å². The largest absolute Gasteiger partial charge is 0.452 e. The molecule has 6 nitrogen and oxygen atoms in total. The number of primary amides is 1. The summed E-state index contributed by atoms with van der Waals surface area (Å²) in [5.41, 5.74) is 5.91. The van der Waals surface area contributed by atoms with Gasteiger partial charge < -0.3 is 15.4 Å². The number of carbonyl (C=O) groups is 3. The van der Waals surface area contributed by atoms with Gasteiger partial charge in [0.2, 0.25) is 5.91 Å². The highest BCUT2D eigenvalue weighted by atomic mass is 35.5. The molecule has 0 saturated carbocycles. The third-order valence-corrected chi connectivity index (χ3v) is 4.41. The van der Waals surface area contributed by atoms with E-state index in [4.69, 9.17) is 33.7 Å². The van der Waals surface area contributed by atoms with Gasteiger partial charge in [0.1, 0.15) is 6.04 Å². The highest BCUT2D eigenvalue weighted by Crippen LogP contribution is 2.22. The van der Waals surface area contributed by atoms with Crippen molar-refractivity contribution in [2.45, 2.75) is 25.3 Å². The first-order valence-corrected chi connectivity index (χ1v) is 8.52. The fourth-order valence-corrected chi connectivity index (χ4v) is 3.06. The SMILES string of the molecule is NC(=O)[C@@H]1CCCCN1C(=O)COC(=O)/C=C/c1ccc(Cl)cc1Cl. The minimum Gasteiger partial charge on any atom is -0.452 e. The normalized spacial score (nSPS) is 17.5. The van der Waals surface area contributed by atoms with Crippen LogP contribution < -0.4 is 5.73 Å². The van der Waals surface area contributed by atoms with Gasteiger partial charge in [0.05, 0.1) is 0 Å². The molecule has 0 aliphatic carbocycles. The average molecular weight is 385 g/mol. The molecule has 2 rings (SSSR count). The first-order valence-electron chi connectivity index (χ1n) is 7.77. The van der Waals surface area contributed by atoms with E-state index in [0.29, 0.717) is 28.6 Å². The van der Waals surface area contributed by atoms with Gasteiger partial charge in [-0.25, -0.2) is 4.79 Å². The van der Waals surface area contributed by atoms with Gasteiger partial charge in [-0.2, -0.15) is 0 Å². The van der Waals surface area contributed by atoms with Gasteiger partial charge in [-0.15, -0.1) is 0 Å². The molecule has 0 aromatic heterocycles. The number of piperidine rings is 1. The number of halogens is 2. The lowest BCUT2D eigenvalue weighted by Crippen LogP contribution is -2.51. The molecule has 0 bridgehead atoms. The quantitative estimate of drug-likeness (QED) is 0.623. The summed E-state index contributed by atoms with van der Waals surface area (Å²) in [6, 6.07) is 4.22. The molecule has 0 spiro atoms. The second kappa shape index (κ2) is 8.87. The smallest absolute Gasteiger partial charge is 0.331 e. The van der Waals surface area contributed by atoms with Gasteiger partial charge in [0, 0.05) is 22.7 Å². The van der Waals surface area contributed by atoms with Crippen molar-refractivity contribution in [3.05, 3.63) is 39.9 Å². The van der Waals surface area contributed by atoms with Gasteiger partial charge in [-0.3, -0.25) is 9.59 Å². The maximum atomic E-state index is 12.2. The van der Waals surface area contributed by atoms with E-state index < -0.39 is 30.4 Å². The second-order valence-electron chi connectivity index (χ2n) is 5.61. The van der Waals surface area contributed by atoms with Gasteiger partial charge in [0.25, 0.3) is 5.91 Å². The van der Waals surface area contributed by atoms with Crippen LogP contribution in [0.15, 0.2) is 24.3 Å². The molecule has 134 valence electrons. The van der Waals surface area contributed by atoms with Crippen molar-refractivity contribution in [2.75, 3.05) is 13.2 Å². The van der Waals surface area contributed by atoms with Crippen molar-refractivity contribution < 1.29 is 19.1 Å². The Morgan fingerprint density at radius 1 is 1.28 bits per heavy atom. The highest BCUT2D eigenvalue weighted by molar-refractivity contribution is 6.35. The van der Waals surface area contributed by atoms with E-state index in [1.165, 1.54) is 17.1 Å². The van der Waals surface area contributed by atoms with Gasteiger partial charge >= 0.3 is 5.97 Å². The van der Waals surface area contributed by atoms with Crippen LogP contribution in [0.4, 0.5) is 0 Å². The van der Waals surface area contributed by atoms with E-state index in [-0.39, 0.29) is 0 Å². The third kappa shape index (κ3) is 5.47. The summed E-state index contributed by atoms with van der Waals surface area (Å²) in [6.45, 7) is -0.0124. The van der Waals surface area contributed by atoms with Crippen LogP contribution in [-0.2, 0) is 19.1 Å². The molecule has 1 aromatic carbocycles. The summed E-state index contributed by atoms with van der Waals surface area (Å²) in [4.78, 5) is 36.7. The van der Waals surface area contributed by atoms with Crippen molar-refractivity contribution >= 4 is 47.1 Å². The van der Waals surface area contributed by atoms with E-state index in [9.17, 15) is 14.4 Å². The van der Waals surface area contributed by atoms with Crippen LogP contribution in [0.1, 0.15) is 24.8 Å². The number of likely N-dealkylation sites (tertiary alicyclic amines) is 1. The van der Waals surface area contributed by atoms with Crippen LogP contribution in [-0.4, -0.2) is 41.9 Å². The monoisotopic (exact) mass is 384 g/mol. The molecule has 1 heterocycles. The van der Waals surface area contributed by atoms with Crippen molar-refractivity contribution in [1.29, 1.82) is 0 Å². The van der Waals surface area contributed by atoms with Crippen LogP contribution in [0, 0.1) is 0 Å². The van der Waals surface area contributed by atoms with E-state index in [1.807, 2.05) is 0 Å². The summed E-state index contributed by atoms with van der Waals surface area (Å²) in [5.74, 6) is -1.67. The molecule has 0 radical (unpaired) electrons. The first kappa shape index (κ1) is 19.3. The number of benzene rings is 1. The summed E-state index contributed by atoms with van der Waals surface area (Å²) >= 11 is 11.8. The Hall–Kier alpha value is -2.05. The average Bonchev–Trinajstić information content (AvgIpc) is 2.58. The van der Waals surface area contributed by atoms with Crippen molar-refractivity contribution in [3.8, 4) is 0 Å². The molecule has 2 N–H and O–H groups in total. The van der Waals surface area contributed by atoms with Crippen LogP contribution >= 0.6 is 23.2 Å². The molecule has 2 amide bonds. The number of nitrogens with zero attached hydrogens (tertiary/aromatic N) is 1. The molecule has 8 heteroatoms. The van der Waals surface area contributed by atoms with Crippen molar-refractivity contribution in [1.82, 2.24) is 4.90 Å². The van der Waals surface area contributed by atoms with E-state index in [1.54, 1.807) is 18.2 Å². The van der Waals surface area contributed by atoms with Crippen molar-refractivity contribution in [2.24, 2.45) is 5.73 Å². The van der Waals surface area contributed by atoms with Crippen molar-refractivity contribution in [3.63, 3.8) is 0 Å². The highest BCUT2D eigenvalue weighted by Gasteiger charge is 2.30. The van der Waals surface area contributed by atoms with E-state index in [2.05, 4.69) is 0 Å². The standard InChI is InChI=1S/C17H18Cl2N2O4/c18-12-6-4-11(13(19)9-12)5-7-16(23)25-10-15(22)21-8-2-1-3-14(21)17(20)24/h4-7,9,14H,1-3,8,10H2,(H2,20,24)/b7-5+/t14-/m0/s1. The zero-order valence-electron chi connectivity index (χ0n) is 13.4. The first-order chi connectivity index (χ1) is 11.9. The van der Waals surface area contributed by atoms with Gasteiger partial charge in [-0.1, -0.05) is 29.3 Å². The fourth-order valence-electron chi connectivity index (χ4n) is 2.58. The Kier molecular flexibility index (Phi) is 6.84. The fraction of sp³-hybridized carbons (Fsp3) is 0.353. The molecule has 0 unspecified atom stereocenters. The molecule has 1 aliphatic heterocycles. The Bertz CT molecular complexity index is 706. The zero-order chi connectivity index (χ0) is 18.4. The molecule has 1 aromatic rings. The molecule has 1 atom stereocenters. The van der Waals surface area contributed by atoms with E-state index in [0.717, 1.165) is 12.8 Å². The Morgan fingerprint density at radius 3 is 2.72 bits per heavy atom. The van der Waals surface area contributed by atoms with Gasteiger partial charge in [-0.05, 0) is 43.0 Å². The summed E-state index contributed by atoms with van der Waals surface area (Å²) in [6.07, 6.45) is 4.80. The van der Waals surface area contributed by atoms with Crippen LogP contribution in [0.25, 0.3) is 6.08 Å². The topological polar surface area (TPSA) is 89.7 Å². The summed E-state index contributed by atoms with van der Waals surface area (Å²) in [7, 11) is 0. The molecule has 1 aliphatic rings. The Balaban J connectivity index is 1.89. The molecule has 1 saturated heterocycles. The molecular formula is C17H18Cl2N2O4. The minimum absolute atomic E-state index is 0.394. The van der Waals surface area contributed by atoms with Gasteiger partial charge in [0.15, 0.2) is 6.61 Å². The zero-order valence-corrected chi connectivity index (χ0v) is 14.9. The number of hydrogen-bond acceptors (Lipinski definition) is 4. The lowest BCUT2D eigenvalue weighted by atomic mass is 10.0. The number of nitrogens with two attached hydrogens (primary N) is 1. The maximum Gasteiger partial charge on any atom is 0.331 e. The third-order valence-electron chi connectivity index (χ3n) is 3.85. The lowest BCUT2D eigenvalue weighted by molar-refractivity contribution is -0.151. The number of carbonyl (C=O) groups excluding carboxylic acids is 3. The number of rotatable bonds is 5. The van der Waals surface area contributed by atoms with Crippen LogP contribution in [0.2, 0.25) is 10.0 Å². The summed E-state index contributed by atoms with van der Waals surface area (Å²) < 4.78 is 4.93. The molecular weight excluding hydrogens is 367 g/mol. The van der Waals surface area contributed by atoms with E-state index >= 15 is 0 Å². The lowest BCUT2D eigenvalue weighted by Gasteiger charge is -2.33. The maximum absolute atomic E-state index is 12.2. The predicted molar refractivity (Wildman–Crippen MR) is 95.0 cm³/mol. The Morgan fingerprint density at radius 2 is 2.04 bits per heavy atom. The minimum atomic E-state index is -0.688. The summed E-state index contributed by atoms with van der Waals surface area (Å²) in [5, 5.41) is 0.881. The molecule has 1 fully saturated rings. The number of hydrogen-bond donors (Lipinski definition) is 1.